The molecule has 0 atom stereocenters. The fraction of sp³-hybridized carbons (Fsp3) is 0.559. The molecule has 0 fully saturated rings. The molecule has 0 heterocycles. The van der Waals surface area contributed by atoms with Gasteiger partial charge in [-0.05, 0) is 41.8 Å². The van der Waals surface area contributed by atoms with Gasteiger partial charge in [-0.25, -0.2) is 0 Å². The molecule has 6 nitrogen and oxygen atoms in total. The molecule has 0 radical (unpaired) electrons. The molecule has 0 saturated carbocycles. The second kappa shape index (κ2) is 19.8. The van der Waals surface area contributed by atoms with Gasteiger partial charge in [-0.2, -0.15) is 0 Å². The van der Waals surface area contributed by atoms with Crippen molar-refractivity contribution in [3.05, 3.63) is 41.5 Å². The molecule has 0 spiro atoms. The molecule has 0 aliphatic rings. The summed E-state index contributed by atoms with van der Waals surface area (Å²) in [6.07, 6.45) is 20.8. The molecule has 0 aliphatic heterocycles. The van der Waals surface area contributed by atoms with E-state index in [1.807, 2.05) is 42.5 Å². The predicted molar refractivity (Wildman–Crippen MR) is 164 cm³/mol. The third kappa shape index (κ3) is 11.9. The van der Waals surface area contributed by atoms with E-state index in [1.165, 1.54) is 70.6 Å². The van der Waals surface area contributed by atoms with Crippen LogP contribution in [0, 0.1) is 0 Å². The van der Waals surface area contributed by atoms with Crippen LogP contribution in [0.5, 0.6) is 28.7 Å². The number of benzene rings is 2. The van der Waals surface area contributed by atoms with Gasteiger partial charge in [-0.15, -0.1) is 0 Å². The molecule has 2 aromatic rings. The fourth-order valence-corrected chi connectivity index (χ4v) is 4.73. The standard InChI is InChI=1S/C34H50O6/c1-6-7-8-9-10-11-12-13-14-15-16-17-18-19-33(35)40-30-24-27(22-23-29(30)36-2)20-21-28-25-31(37-3)34(39-5)32(26-28)38-4/h20-26H,6-19H2,1-5H3/b21-20-. The zero-order valence-corrected chi connectivity index (χ0v) is 25.4. The van der Waals surface area contributed by atoms with Crippen LogP contribution >= 0.6 is 0 Å². The van der Waals surface area contributed by atoms with Gasteiger partial charge in [0.05, 0.1) is 28.4 Å². The second-order valence-electron chi connectivity index (χ2n) is 10.2. The highest BCUT2D eigenvalue weighted by Crippen LogP contribution is 2.39. The Balaban J connectivity index is 1.79. The second-order valence-corrected chi connectivity index (χ2v) is 10.2. The van der Waals surface area contributed by atoms with Crippen molar-refractivity contribution < 1.29 is 28.5 Å². The highest BCUT2D eigenvalue weighted by molar-refractivity contribution is 5.76. The average Bonchev–Trinajstić information content (AvgIpc) is 2.97. The van der Waals surface area contributed by atoms with Gasteiger partial charge < -0.3 is 23.7 Å². The zero-order chi connectivity index (χ0) is 29.0. The summed E-state index contributed by atoms with van der Waals surface area (Å²) in [4.78, 5) is 12.5. The lowest BCUT2D eigenvalue weighted by atomic mass is 10.0. The van der Waals surface area contributed by atoms with Gasteiger partial charge in [0.2, 0.25) is 5.75 Å². The van der Waals surface area contributed by atoms with Crippen LogP contribution in [0.3, 0.4) is 0 Å². The van der Waals surface area contributed by atoms with E-state index < -0.39 is 0 Å². The number of ether oxygens (including phenoxy) is 5. The van der Waals surface area contributed by atoms with Gasteiger partial charge in [0.25, 0.3) is 0 Å². The number of hydrogen-bond donors (Lipinski definition) is 0. The van der Waals surface area contributed by atoms with Crippen molar-refractivity contribution in [2.45, 2.75) is 96.8 Å². The summed E-state index contributed by atoms with van der Waals surface area (Å²) >= 11 is 0. The van der Waals surface area contributed by atoms with Gasteiger partial charge in [0, 0.05) is 6.42 Å². The van der Waals surface area contributed by atoms with E-state index in [0.717, 1.165) is 24.0 Å². The molecule has 222 valence electrons. The van der Waals surface area contributed by atoms with Crippen LogP contribution in [0.25, 0.3) is 12.2 Å². The number of carbonyl (C=O) groups excluding carboxylic acids is 1. The van der Waals surface area contributed by atoms with E-state index in [-0.39, 0.29) is 5.97 Å². The molecule has 40 heavy (non-hydrogen) atoms. The highest BCUT2D eigenvalue weighted by atomic mass is 16.6. The van der Waals surface area contributed by atoms with E-state index in [0.29, 0.717) is 35.2 Å². The van der Waals surface area contributed by atoms with Crippen LogP contribution in [0.4, 0.5) is 0 Å². The predicted octanol–water partition coefficient (Wildman–Crippen LogP) is 9.28. The topological polar surface area (TPSA) is 63.2 Å². The number of hydrogen-bond acceptors (Lipinski definition) is 6. The molecule has 2 aromatic carbocycles. The highest BCUT2D eigenvalue weighted by Gasteiger charge is 2.13. The molecule has 2 rings (SSSR count). The van der Waals surface area contributed by atoms with Crippen molar-refractivity contribution in [3.63, 3.8) is 0 Å². The lowest BCUT2D eigenvalue weighted by Gasteiger charge is -2.13. The van der Waals surface area contributed by atoms with Crippen molar-refractivity contribution >= 4 is 18.1 Å². The first-order valence-corrected chi connectivity index (χ1v) is 14.9. The van der Waals surface area contributed by atoms with Crippen LogP contribution in [-0.2, 0) is 4.79 Å². The molecule has 0 saturated heterocycles. The Morgan fingerprint density at radius 3 is 1.55 bits per heavy atom. The van der Waals surface area contributed by atoms with Crippen molar-refractivity contribution in [3.8, 4) is 28.7 Å². The lowest BCUT2D eigenvalue weighted by Crippen LogP contribution is -2.08. The van der Waals surface area contributed by atoms with Gasteiger partial charge in [0.15, 0.2) is 23.0 Å². The summed E-state index contributed by atoms with van der Waals surface area (Å²) in [5.41, 5.74) is 1.75. The summed E-state index contributed by atoms with van der Waals surface area (Å²) in [5, 5.41) is 0. The molecule has 0 amide bonds. The maximum Gasteiger partial charge on any atom is 0.311 e. The summed E-state index contributed by atoms with van der Waals surface area (Å²) in [6, 6.07) is 9.28. The van der Waals surface area contributed by atoms with E-state index in [2.05, 4.69) is 6.92 Å². The summed E-state index contributed by atoms with van der Waals surface area (Å²) in [6.45, 7) is 2.26. The number of unbranched alkanes of at least 4 members (excludes halogenated alkanes) is 12. The minimum absolute atomic E-state index is 0.230. The molecule has 0 unspecified atom stereocenters. The van der Waals surface area contributed by atoms with Crippen LogP contribution in [0.1, 0.15) is 108 Å². The molecule has 0 aromatic heterocycles. The molecular formula is C34H50O6. The lowest BCUT2D eigenvalue weighted by molar-refractivity contribution is -0.134. The Bertz CT molecular complexity index is 1000. The third-order valence-corrected chi connectivity index (χ3v) is 7.05. The van der Waals surface area contributed by atoms with Crippen molar-refractivity contribution in [1.29, 1.82) is 0 Å². The number of esters is 1. The van der Waals surface area contributed by atoms with Gasteiger partial charge in [-0.3, -0.25) is 4.79 Å². The maximum absolute atomic E-state index is 12.5. The zero-order valence-electron chi connectivity index (χ0n) is 25.4. The number of carbonyl (C=O) groups is 1. The van der Waals surface area contributed by atoms with Crippen LogP contribution < -0.4 is 23.7 Å². The van der Waals surface area contributed by atoms with Crippen LogP contribution in [0.15, 0.2) is 30.3 Å². The van der Waals surface area contributed by atoms with Gasteiger partial charge in [-0.1, -0.05) is 102 Å². The third-order valence-electron chi connectivity index (χ3n) is 7.05. The Hall–Kier alpha value is -3.15. The molecular weight excluding hydrogens is 504 g/mol. The van der Waals surface area contributed by atoms with Crippen molar-refractivity contribution in [1.82, 2.24) is 0 Å². The minimum Gasteiger partial charge on any atom is -0.493 e. The number of methoxy groups -OCH3 is 4. The minimum atomic E-state index is -0.230. The summed E-state index contributed by atoms with van der Waals surface area (Å²) in [5.74, 6) is 2.44. The van der Waals surface area contributed by atoms with E-state index in [1.54, 1.807) is 28.4 Å². The Morgan fingerprint density at radius 2 is 1.05 bits per heavy atom. The van der Waals surface area contributed by atoms with Crippen molar-refractivity contribution in [2.75, 3.05) is 28.4 Å². The van der Waals surface area contributed by atoms with E-state index >= 15 is 0 Å². The summed E-state index contributed by atoms with van der Waals surface area (Å²) < 4.78 is 27.4. The average molecular weight is 555 g/mol. The quantitative estimate of drug-likeness (QED) is 0.0663. The largest absolute Gasteiger partial charge is 0.493 e. The normalized spacial score (nSPS) is 11.0. The summed E-state index contributed by atoms with van der Waals surface area (Å²) in [7, 11) is 6.33. The first-order chi connectivity index (χ1) is 19.6. The Labute approximate surface area is 242 Å². The maximum atomic E-state index is 12.5. The first-order valence-electron chi connectivity index (χ1n) is 14.9. The first kappa shape index (κ1) is 33.1. The van der Waals surface area contributed by atoms with Crippen LogP contribution in [0.2, 0.25) is 0 Å². The Morgan fingerprint density at radius 1 is 0.575 bits per heavy atom. The number of rotatable bonds is 21. The van der Waals surface area contributed by atoms with Gasteiger partial charge in [0.1, 0.15) is 0 Å². The van der Waals surface area contributed by atoms with Crippen LogP contribution in [-0.4, -0.2) is 34.4 Å². The molecule has 0 N–H and O–H groups in total. The van der Waals surface area contributed by atoms with Crippen molar-refractivity contribution in [2.24, 2.45) is 0 Å². The Kier molecular flexibility index (Phi) is 16.4. The molecule has 0 bridgehead atoms. The SMILES string of the molecule is CCCCCCCCCCCCCCCC(=O)Oc1cc(/C=C\c2cc(OC)c(OC)c(OC)c2)ccc1OC. The molecule has 6 heteroatoms. The van der Waals surface area contributed by atoms with Gasteiger partial charge >= 0.3 is 5.97 Å². The fourth-order valence-electron chi connectivity index (χ4n) is 4.73. The molecule has 0 aliphatic carbocycles. The van der Waals surface area contributed by atoms with E-state index in [4.69, 9.17) is 23.7 Å². The monoisotopic (exact) mass is 554 g/mol. The smallest absolute Gasteiger partial charge is 0.311 e. The van der Waals surface area contributed by atoms with E-state index in [9.17, 15) is 4.79 Å².